The smallest absolute Gasteiger partial charge is 0.353 e. The minimum absolute atomic E-state index is 0.299. The van der Waals surface area contributed by atoms with Crippen LogP contribution in [0, 0.1) is 6.92 Å². The zero-order chi connectivity index (χ0) is 19.7. The van der Waals surface area contributed by atoms with Crippen molar-refractivity contribution in [2.45, 2.75) is 13.5 Å². The lowest BCUT2D eigenvalue weighted by molar-refractivity contribution is 0.0687. The topological polar surface area (TPSA) is 51.5 Å². The number of hydrogen-bond donors (Lipinski definition) is 1. The summed E-state index contributed by atoms with van der Waals surface area (Å²) in [7, 11) is 1.63. The van der Waals surface area contributed by atoms with Crippen molar-refractivity contribution in [2.24, 2.45) is 0 Å². The largest absolute Gasteiger partial charge is 0.497 e. The number of ether oxygens (including phenoxy) is 1. The summed E-state index contributed by atoms with van der Waals surface area (Å²) in [6.45, 7) is 2.47. The normalized spacial score (nSPS) is 10.9. The lowest BCUT2D eigenvalue weighted by Crippen LogP contribution is -2.10. The molecule has 0 aliphatic heterocycles. The maximum absolute atomic E-state index is 12.3. The van der Waals surface area contributed by atoms with Gasteiger partial charge in [-0.3, -0.25) is 0 Å². The number of para-hydroxylation sites is 1. The zero-order valence-corrected chi connectivity index (χ0v) is 15.8. The molecule has 0 amide bonds. The predicted molar refractivity (Wildman–Crippen MR) is 111 cm³/mol. The third-order valence-electron chi connectivity index (χ3n) is 4.99. The minimum atomic E-state index is -0.935. The fourth-order valence-corrected chi connectivity index (χ4v) is 3.66. The average Bonchev–Trinajstić information content (AvgIpc) is 3.03. The van der Waals surface area contributed by atoms with Crippen molar-refractivity contribution in [3.8, 4) is 16.9 Å². The van der Waals surface area contributed by atoms with E-state index in [9.17, 15) is 9.90 Å². The quantitative estimate of drug-likeness (QED) is 0.513. The molecule has 0 unspecified atom stereocenters. The molecule has 0 fully saturated rings. The second kappa shape index (κ2) is 7.24. The first-order valence-electron chi connectivity index (χ1n) is 9.13. The third kappa shape index (κ3) is 3.14. The number of carboxylic acid groups (broad SMARTS) is 1. The van der Waals surface area contributed by atoms with Gasteiger partial charge in [-0.2, -0.15) is 0 Å². The number of aromatic carboxylic acids is 1. The summed E-state index contributed by atoms with van der Waals surface area (Å²) in [5, 5.41) is 11.0. The Hall–Kier alpha value is -3.53. The molecular formula is C24H21NO3. The van der Waals surface area contributed by atoms with Crippen LogP contribution in [0.5, 0.6) is 5.75 Å². The van der Waals surface area contributed by atoms with Gasteiger partial charge in [0.1, 0.15) is 11.4 Å². The molecule has 0 spiro atoms. The molecule has 3 aromatic carbocycles. The maximum Gasteiger partial charge on any atom is 0.353 e. The van der Waals surface area contributed by atoms with E-state index in [0.717, 1.165) is 38.9 Å². The standard InChI is InChI=1S/C24H21NO3/c1-16-10-12-18(13-11-16)22-20-8-3-4-9-21(20)25(23(22)24(26)27)15-17-6-5-7-19(14-17)28-2/h3-14H,15H2,1-2H3,(H,26,27). The SMILES string of the molecule is COc1cccc(Cn2c(C(=O)O)c(-c3ccc(C)cc3)c3ccccc32)c1. The zero-order valence-electron chi connectivity index (χ0n) is 15.8. The first kappa shape index (κ1) is 17.9. The van der Waals surface area contributed by atoms with E-state index in [2.05, 4.69) is 0 Å². The van der Waals surface area contributed by atoms with E-state index >= 15 is 0 Å². The van der Waals surface area contributed by atoms with Crippen molar-refractivity contribution in [3.05, 3.63) is 89.6 Å². The van der Waals surface area contributed by atoms with E-state index in [0.29, 0.717) is 12.2 Å². The summed E-state index contributed by atoms with van der Waals surface area (Å²) in [6, 6.07) is 23.5. The van der Waals surface area contributed by atoms with Crippen LogP contribution in [0.25, 0.3) is 22.0 Å². The van der Waals surface area contributed by atoms with Gasteiger partial charge < -0.3 is 14.4 Å². The number of fused-ring (bicyclic) bond motifs is 1. The Kier molecular flexibility index (Phi) is 4.62. The molecule has 1 heterocycles. The molecule has 0 atom stereocenters. The van der Waals surface area contributed by atoms with E-state index < -0.39 is 5.97 Å². The molecule has 1 aromatic heterocycles. The van der Waals surface area contributed by atoms with Crippen LogP contribution in [0.15, 0.2) is 72.8 Å². The lowest BCUT2D eigenvalue weighted by atomic mass is 10.0. The number of hydrogen-bond acceptors (Lipinski definition) is 2. The summed E-state index contributed by atoms with van der Waals surface area (Å²) in [5.41, 5.74) is 4.99. The Balaban J connectivity index is 1.96. The van der Waals surface area contributed by atoms with Gasteiger partial charge in [0.25, 0.3) is 0 Å². The van der Waals surface area contributed by atoms with E-state index in [-0.39, 0.29) is 0 Å². The highest BCUT2D eigenvalue weighted by atomic mass is 16.5. The Bertz CT molecular complexity index is 1160. The van der Waals surface area contributed by atoms with Gasteiger partial charge in [-0.1, -0.05) is 60.2 Å². The van der Waals surface area contributed by atoms with E-state index in [4.69, 9.17) is 4.74 Å². The molecule has 0 bridgehead atoms. The number of carbonyl (C=O) groups is 1. The molecule has 0 saturated heterocycles. The molecule has 4 rings (SSSR count). The van der Waals surface area contributed by atoms with E-state index in [1.807, 2.05) is 84.3 Å². The van der Waals surface area contributed by atoms with Crippen LogP contribution in [-0.2, 0) is 6.54 Å². The molecule has 0 saturated carbocycles. The van der Waals surface area contributed by atoms with Gasteiger partial charge in [0.2, 0.25) is 0 Å². The summed E-state index contributed by atoms with van der Waals surface area (Å²) in [5.74, 6) is -0.181. The van der Waals surface area contributed by atoms with Gasteiger partial charge in [0.15, 0.2) is 0 Å². The van der Waals surface area contributed by atoms with E-state index in [1.54, 1.807) is 7.11 Å². The van der Waals surface area contributed by atoms with Crippen molar-refractivity contribution in [1.82, 2.24) is 4.57 Å². The van der Waals surface area contributed by atoms with Gasteiger partial charge in [0.05, 0.1) is 7.11 Å². The Labute approximate surface area is 163 Å². The minimum Gasteiger partial charge on any atom is -0.497 e. The molecule has 0 radical (unpaired) electrons. The van der Waals surface area contributed by atoms with Crippen LogP contribution in [0.3, 0.4) is 0 Å². The van der Waals surface area contributed by atoms with Crippen LogP contribution in [0.2, 0.25) is 0 Å². The fourth-order valence-electron chi connectivity index (χ4n) is 3.66. The fraction of sp³-hybridized carbons (Fsp3) is 0.125. The molecule has 140 valence electrons. The van der Waals surface area contributed by atoms with Crippen molar-refractivity contribution in [3.63, 3.8) is 0 Å². The van der Waals surface area contributed by atoms with Crippen LogP contribution in [-0.4, -0.2) is 22.8 Å². The molecular weight excluding hydrogens is 350 g/mol. The number of carboxylic acids is 1. The molecule has 0 aliphatic rings. The first-order valence-corrected chi connectivity index (χ1v) is 9.13. The van der Waals surface area contributed by atoms with Gasteiger partial charge >= 0.3 is 5.97 Å². The molecule has 4 nitrogen and oxygen atoms in total. The van der Waals surface area contributed by atoms with Crippen molar-refractivity contribution in [1.29, 1.82) is 0 Å². The summed E-state index contributed by atoms with van der Waals surface area (Å²) in [6.07, 6.45) is 0. The van der Waals surface area contributed by atoms with Crippen LogP contribution >= 0.6 is 0 Å². The average molecular weight is 371 g/mol. The number of methoxy groups -OCH3 is 1. The second-order valence-electron chi connectivity index (χ2n) is 6.85. The molecule has 4 aromatic rings. The highest BCUT2D eigenvalue weighted by Gasteiger charge is 2.23. The molecule has 4 heteroatoms. The van der Waals surface area contributed by atoms with Crippen molar-refractivity contribution in [2.75, 3.05) is 7.11 Å². The van der Waals surface area contributed by atoms with Crippen LogP contribution < -0.4 is 4.74 Å². The first-order chi connectivity index (χ1) is 13.6. The van der Waals surface area contributed by atoms with Crippen molar-refractivity contribution >= 4 is 16.9 Å². The van der Waals surface area contributed by atoms with Gasteiger partial charge in [-0.15, -0.1) is 0 Å². The number of rotatable bonds is 5. The second-order valence-corrected chi connectivity index (χ2v) is 6.85. The molecule has 1 N–H and O–H groups in total. The van der Waals surface area contributed by atoms with Gasteiger partial charge in [0, 0.05) is 23.0 Å². The van der Waals surface area contributed by atoms with E-state index in [1.165, 1.54) is 0 Å². The molecule has 28 heavy (non-hydrogen) atoms. The number of aromatic nitrogens is 1. The molecule has 0 aliphatic carbocycles. The Morgan fingerprint density at radius 2 is 1.75 bits per heavy atom. The van der Waals surface area contributed by atoms with Crippen LogP contribution in [0.4, 0.5) is 0 Å². The van der Waals surface area contributed by atoms with Gasteiger partial charge in [-0.25, -0.2) is 4.79 Å². The summed E-state index contributed by atoms with van der Waals surface area (Å²) >= 11 is 0. The summed E-state index contributed by atoms with van der Waals surface area (Å²) in [4.78, 5) is 12.3. The predicted octanol–water partition coefficient (Wildman–Crippen LogP) is 5.37. The Morgan fingerprint density at radius 1 is 1.00 bits per heavy atom. The van der Waals surface area contributed by atoms with Gasteiger partial charge in [-0.05, 0) is 36.2 Å². The number of aryl methyl sites for hydroxylation is 1. The highest BCUT2D eigenvalue weighted by molar-refractivity contribution is 6.08. The highest BCUT2D eigenvalue weighted by Crippen LogP contribution is 2.36. The monoisotopic (exact) mass is 371 g/mol. The number of benzene rings is 3. The Morgan fingerprint density at radius 3 is 2.46 bits per heavy atom. The van der Waals surface area contributed by atoms with Crippen molar-refractivity contribution < 1.29 is 14.6 Å². The number of nitrogens with zero attached hydrogens (tertiary/aromatic N) is 1. The summed E-state index contributed by atoms with van der Waals surface area (Å²) < 4.78 is 7.19. The third-order valence-corrected chi connectivity index (χ3v) is 4.99. The lowest BCUT2D eigenvalue weighted by Gasteiger charge is -2.11. The van der Waals surface area contributed by atoms with Crippen LogP contribution in [0.1, 0.15) is 21.6 Å². The maximum atomic E-state index is 12.3.